The lowest BCUT2D eigenvalue weighted by atomic mass is 10.1. The quantitative estimate of drug-likeness (QED) is 0.855. The third kappa shape index (κ3) is 3.99. The molecule has 104 valence electrons. The van der Waals surface area contributed by atoms with E-state index < -0.39 is 6.04 Å². The molecule has 1 unspecified atom stereocenters. The Kier molecular flexibility index (Phi) is 6.35. The van der Waals surface area contributed by atoms with E-state index in [0.29, 0.717) is 0 Å². The van der Waals surface area contributed by atoms with Gasteiger partial charge in [0.2, 0.25) is 5.91 Å². The Bertz CT molecular complexity index is 414. The third-order valence-corrected chi connectivity index (χ3v) is 2.97. The molecular formula is C12H23ClN4O. The van der Waals surface area contributed by atoms with Crippen molar-refractivity contribution < 1.29 is 4.79 Å². The molecule has 1 amide bonds. The van der Waals surface area contributed by atoms with Crippen LogP contribution in [0.1, 0.15) is 30.8 Å². The average molecular weight is 275 g/mol. The molecule has 5 nitrogen and oxygen atoms in total. The summed E-state index contributed by atoms with van der Waals surface area (Å²) < 4.78 is 1.87. The molecule has 6 heteroatoms. The van der Waals surface area contributed by atoms with Gasteiger partial charge in [0.25, 0.3) is 0 Å². The average Bonchev–Trinajstić information content (AvgIpc) is 2.45. The number of amides is 1. The zero-order valence-corrected chi connectivity index (χ0v) is 12.5. The van der Waals surface area contributed by atoms with Gasteiger partial charge in [-0.2, -0.15) is 5.10 Å². The number of carbonyl (C=O) groups excluding carboxylic acids is 1. The Morgan fingerprint density at radius 2 is 2.00 bits per heavy atom. The number of nitrogens with two attached hydrogens (primary N) is 1. The fraction of sp³-hybridized carbons (Fsp3) is 0.667. The molecule has 1 heterocycles. The van der Waals surface area contributed by atoms with E-state index in [4.69, 9.17) is 5.73 Å². The first-order valence-corrected chi connectivity index (χ1v) is 5.88. The number of rotatable bonds is 4. The van der Waals surface area contributed by atoms with Crippen LogP contribution in [-0.4, -0.2) is 27.8 Å². The van der Waals surface area contributed by atoms with Crippen molar-refractivity contribution in [2.45, 2.75) is 46.2 Å². The molecule has 0 bridgehead atoms. The highest BCUT2D eigenvalue weighted by atomic mass is 35.5. The summed E-state index contributed by atoms with van der Waals surface area (Å²) >= 11 is 0. The van der Waals surface area contributed by atoms with Crippen LogP contribution in [0.15, 0.2) is 0 Å². The van der Waals surface area contributed by atoms with Crippen LogP contribution in [0.3, 0.4) is 0 Å². The Morgan fingerprint density at radius 3 is 2.39 bits per heavy atom. The fourth-order valence-corrected chi connectivity index (χ4v) is 1.84. The van der Waals surface area contributed by atoms with Crippen molar-refractivity contribution in [2.24, 2.45) is 12.8 Å². The fourth-order valence-electron chi connectivity index (χ4n) is 1.84. The van der Waals surface area contributed by atoms with Crippen molar-refractivity contribution in [2.75, 3.05) is 0 Å². The number of nitrogens with zero attached hydrogens (tertiary/aromatic N) is 2. The number of hydrogen-bond donors (Lipinski definition) is 2. The van der Waals surface area contributed by atoms with Gasteiger partial charge in [-0.05, 0) is 39.7 Å². The van der Waals surface area contributed by atoms with Gasteiger partial charge in [-0.3, -0.25) is 9.48 Å². The lowest BCUT2D eigenvalue weighted by Gasteiger charge is -2.15. The van der Waals surface area contributed by atoms with E-state index in [0.717, 1.165) is 17.8 Å². The van der Waals surface area contributed by atoms with Crippen molar-refractivity contribution in [3.05, 3.63) is 17.0 Å². The first-order chi connectivity index (χ1) is 7.82. The second-order valence-corrected chi connectivity index (χ2v) is 4.68. The van der Waals surface area contributed by atoms with Gasteiger partial charge in [0, 0.05) is 18.8 Å². The van der Waals surface area contributed by atoms with Gasteiger partial charge < -0.3 is 11.1 Å². The number of hydrogen-bond acceptors (Lipinski definition) is 3. The molecule has 1 aromatic rings. The summed E-state index contributed by atoms with van der Waals surface area (Å²) in [5, 5.41) is 7.25. The van der Waals surface area contributed by atoms with Gasteiger partial charge in [-0.25, -0.2) is 0 Å². The lowest BCUT2D eigenvalue weighted by Crippen LogP contribution is -2.43. The SMILES string of the molecule is Cc1nn(C)c(C)c1CC(C)NC(=O)[C@@H](C)N.Cl. The maximum Gasteiger partial charge on any atom is 0.236 e. The van der Waals surface area contributed by atoms with Crippen LogP contribution in [0.2, 0.25) is 0 Å². The molecule has 0 aliphatic rings. The van der Waals surface area contributed by atoms with Gasteiger partial charge in [0.05, 0.1) is 11.7 Å². The number of carbonyl (C=O) groups is 1. The summed E-state index contributed by atoms with van der Waals surface area (Å²) in [5.74, 6) is -0.114. The topological polar surface area (TPSA) is 72.9 Å². The number of halogens is 1. The molecular weight excluding hydrogens is 252 g/mol. The van der Waals surface area contributed by atoms with Crippen LogP contribution in [0.5, 0.6) is 0 Å². The normalized spacial score (nSPS) is 13.7. The molecule has 1 rings (SSSR count). The zero-order chi connectivity index (χ0) is 13.2. The molecule has 0 aliphatic heterocycles. The molecule has 18 heavy (non-hydrogen) atoms. The van der Waals surface area contributed by atoms with Crippen LogP contribution in [-0.2, 0) is 18.3 Å². The molecule has 0 aliphatic carbocycles. The summed E-state index contributed by atoms with van der Waals surface area (Å²) in [7, 11) is 1.93. The molecule has 0 spiro atoms. The van der Waals surface area contributed by atoms with E-state index >= 15 is 0 Å². The smallest absolute Gasteiger partial charge is 0.236 e. The maximum absolute atomic E-state index is 11.5. The van der Waals surface area contributed by atoms with E-state index in [-0.39, 0.29) is 24.4 Å². The number of aromatic nitrogens is 2. The summed E-state index contributed by atoms with van der Waals surface area (Å²) in [4.78, 5) is 11.5. The highest BCUT2D eigenvalue weighted by molar-refractivity contribution is 5.85. The molecule has 1 aromatic heterocycles. The molecule has 0 saturated heterocycles. The van der Waals surface area contributed by atoms with Crippen molar-refractivity contribution in [3.63, 3.8) is 0 Å². The Balaban J connectivity index is 0.00000289. The molecule has 0 saturated carbocycles. The predicted molar refractivity (Wildman–Crippen MR) is 74.9 cm³/mol. The molecule has 0 aromatic carbocycles. The highest BCUT2D eigenvalue weighted by Gasteiger charge is 2.15. The Morgan fingerprint density at radius 1 is 1.44 bits per heavy atom. The minimum absolute atomic E-state index is 0. The molecule has 2 atom stereocenters. The largest absolute Gasteiger partial charge is 0.352 e. The highest BCUT2D eigenvalue weighted by Crippen LogP contribution is 2.14. The van der Waals surface area contributed by atoms with Crippen molar-refractivity contribution in [1.82, 2.24) is 15.1 Å². The Hall–Kier alpha value is -1.07. The van der Waals surface area contributed by atoms with Crippen molar-refractivity contribution >= 4 is 18.3 Å². The first kappa shape index (κ1) is 16.9. The monoisotopic (exact) mass is 274 g/mol. The lowest BCUT2D eigenvalue weighted by molar-refractivity contribution is -0.122. The van der Waals surface area contributed by atoms with E-state index in [1.54, 1.807) is 6.92 Å². The standard InChI is InChI=1S/C12H22N4O.ClH/c1-7(14-12(17)8(2)13)6-11-9(3)15-16(5)10(11)4;/h7-8H,6,13H2,1-5H3,(H,14,17);1H/t7?,8-;/m1./s1. The van der Waals surface area contributed by atoms with Gasteiger partial charge in [0.1, 0.15) is 0 Å². The van der Waals surface area contributed by atoms with Crippen molar-refractivity contribution in [3.8, 4) is 0 Å². The minimum Gasteiger partial charge on any atom is -0.352 e. The predicted octanol–water partition coefficient (Wildman–Crippen LogP) is 0.853. The third-order valence-electron chi connectivity index (χ3n) is 2.97. The van der Waals surface area contributed by atoms with Crippen LogP contribution in [0.4, 0.5) is 0 Å². The van der Waals surface area contributed by atoms with Crippen LogP contribution < -0.4 is 11.1 Å². The second kappa shape index (κ2) is 6.75. The van der Waals surface area contributed by atoms with E-state index in [9.17, 15) is 4.79 Å². The first-order valence-electron chi connectivity index (χ1n) is 5.88. The van der Waals surface area contributed by atoms with Gasteiger partial charge in [0.15, 0.2) is 0 Å². The summed E-state index contributed by atoms with van der Waals surface area (Å²) in [6.07, 6.45) is 0.782. The van der Waals surface area contributed by atoms with E-state index in [2.05, 4.69) is 10.4 Å². The number of aryl methyl sites for hydroxylation is 2. The van der Waals surface area contributed by atoms with Crippen LogP contribution in [0, 0.1) is 13.8 Å². The van der Waals surface area contributed by atoms with E-state index in [1.165, 1.54) is 5.56 Å². The minimum atomic E-state index is -0.464. The van der Waals surface area contributed by atoms with Gasteiger partial charge in [-0.1, -0.05) is 0 Å². The molecule has 0 radical (unpaired) electrons. The summed E-state index contributed by atoms with van der Waals surface area (Å²) in [5.41, 5.74) is 8.88. The van der Waals surface area contributed by atoms with E-state index in [1.807, 2.05) is 32.5 Å². The van der Waals surface area contributed by atoms with Crippen molar-refractivity contribution in [1.29, 1.82) is 0 Å². The van der Waals surface area contributed by atoms with Gasteiger partial charge in [-0.15, -0.1) is 12.4 Å². The zero-order valence-electron chi connectivity index (χ0n) is 11.7. The second-order valence-electron chi connectivity index (χ2n) is 4.68. The molecule has 0 fully saturated rings. The molecule has 3 N–H and O–H groups in total. The number of nitrogens with one attached hydrogen (secondary N) is 1. The maximum atomic E-state index is 11.5. The summed E-state index contributed by atoms with van der Waals surface area (Å²) in [6, 6.07) is -0.399. The Labute approximate surface area is 115 Å². The summed E-state index contributed by atoms with van der Waals surface area (Å²) in [6.45, 7) is 7.69. The van der Waals surface area contributed by atoms with Crippen LogP contribution in [0.25, 0.3) is 0 Å². The van der Waals surface area contributed by atoms with Crippen LogP contribution >= 0.6 is 12.4 Å². The van der Waals surface area contributed by atoms with Gasteiger partial charge >= 0.3 is 0 Å².